The van der Waals surface area contributed by atoms with E-state index >= 15 is 0 Å². The van der Waals surface area contributed by atoms with E-state index in [1.165, 1.54) is 24.8 Å². The maximum absolute atomic E-state index is 5.40. The summed E-state index contributed by atoms with van der Waals surface area (Å²) in [6, 6.07) is 6.48. The summed E-state index contributed by atoms with van der Waals surface area (Å²) in [6.07, 6.45) is 6.11. The summed E-state index contributed by atoms with van der Waals surface area (Å²) in [7, 11) is 7.02. The van der Waals surface area contributed by atoms with Crippen LogP contribution in [0.3, 0.4) is 0 Å². The fourth-order valence-electron chi connectivity index (χ4n) is 4.48. The third kappa shape index (κ3) is 6.01. The molecular formula is C23H38N4O3. The molecule has 1 atom stereocenters. The van der Waals surface area contributed by atoms with Crippen molar-refractivity contribution < 1.29 is 14.2 Å². The Morgan fingerprint density at radius 3 is 2.47 bits per heavy atom. The molecule has 0 radical (unpaired) electrons. The second-order valence-corrected chi connectivity index (χ2v) is 8.61. The van der Waals surface area contributed by atoms with Gasteiger partial charge in [-0.15, -0.1) is 0 Å². The zero-order chi connectivity index (χ0) is 21.4. The second-order valence-electron chi connectivity index (χ2n) is 8.61. The Morgan fingerprint density at radius 1 is 1.17 bits per heavy atom. The lowest BCUT2D eigenvalue weighted by atomic mass is 9.67. The zero-order valence-electron chi connectivity index (χ0n) is 19.0. The van der Waals surface area contributed by atoms with Gasteiger partial charge in [-0.2, -0.15) is 0 Å². The van der Waals surface area contributed by atoms with E-state index in [4.69, 9.17) is 14.2 Å². The topological polar surface area (TPSA) is 67.4 Å². The van der Waals surface area contributed by atoms with Crippen LogP contribution in [0.2, 0.25) is 0 Å². The molecule has 168 valence electrons. The van der Waals surface area contributed by atoms with Crippen molar-refractivity contribution in [1.29, 1.82) is 0 Å². The van der Waals surface area contributed by atoms with Gasteiger partial charge in [-0.05, 0) is 48.8 Å². The lowest BCUT2D eigenvalue weighted by Crippen LogP contribution is -2.49. The van der Waals surface area contributed by atoms with Gasteiger partial charge in [-0.1, -0.05) is 6.42 Å². The highest BCUT2D eigenvalue weighted by Gasteiger charge is 2.36. The number of nitrogens with zero attached hydrogens (tertiary/aromatic N) is 2. The van der Waals surface area contributed by atoms with Crippen molar-refractivity contribution in [2.45, 2.75) is 44.7 Å². The fraction of sp³-hybridized carbons (Fsp3) is 0.696. The molecule has 1 aliphatic carbocycles. The summed E-state index contributed by atoms with van der Waals surface area (Å²) < 4.78 is 16.1. The van der Waals surface area contributed by atoms with Gasteiger partial charge in [0.25, 0.3) is 0 Å². The molecule has 7 heteroatoms. The van der Waals surface area contributed by atoms with Crippen LogP contribution >= 0.6 is 0 Å². The predicted octanol–water partition coefficient (Wildman–Crippen LogP) is 2.65. The monoisotopic (exact) mass is 418 g/mol. The molecule has 30 heavy (non-hydrogen) atoms. The predicted molar refractivity (Wildman–Crippen MR) is 121 cm³/mol. The van der Waals surface area contributed by atoms with E-state index in [0.29, 0.717) is 11.5 Å². The van der Waals surface area contributed by atoms with Crippen LogP contribution in [0, 0.1) is 5.41 Å². The Morgan fingerprint density at radius 2 is 1.90 bits per heavy atom. The molecular weight excluding hydrogens is 380 g/mol. The van der Waals surface area contributed by atoms with Crippen LogP contribution in [0.15, 0.2) is 23.2 Å². The van der Waals surface area contributed by atoms with Gasteiger partial charge in [0.05, 0.1) is 14.2 Å². The summed E-state index contributed by atoms with van der Waals surface area (Å²) in [5, 5.41) is 7.19. The Labute approximate surface area is 181 Å². The van der Waals surface area contributed by atoms with Crippen molar-refractivity contribution in [2.24, 2.45) is 10.4 Å². The van der Waals surface area contributed by atoms with Gasteiger partial charge in [0, 0.05) is 59.1 Å². The van der Waals surface area contributed by atoms with Crippen LogP contribution in [-0.2, 0) is 11.3 Å². The van der Waals surface area contributed by atoms with E-state index in [9.17, 15) is 0 Å². The Bertz CT molecular complexity index is 683. The van der Waals surface area contributed by atoms with E-state index in [-0.39, 0.29) is 0 Å². The molecule has 0 amide bonds. The highest BCUT2D eigenvalue weighted by Crippen LogP contribution is 2.43. The number of benzene rings is 1. The molecule has 3 rings (SSSR count). The molecule has 1 saturated heterocycles. The van der Waals surface area contributed by atoms with Gasteiger partial charge < -0.3 is 24.8 Å². The summed E-state index contributed by atoms with van der Waals surface area (Å²) >= 11 is 0. The number of aliphatic imine (C=N–C) groups is 1. The van der Waals surface area contributed by atoms with Crippen LogP contribution in [0.1, 0.15) is 37.7 Å². The van der Waals surface area contributed by atoms with Gasteiger partial charge in [0.15, 0.2) is 5.96 Å². The Kier molecular flexibility index (Phi) is 8.22. The number of ether oxygens (including phenoxy) is 3. The molecule has 1 aromatic carbocycles. The van der Waals surface area contributed by atoms with Gasteiger partial charge in [0.1, 0.15) is 11.5 Å². The molecule has 1 aromatic rings. The van der Waals surface area contributed by atoms with Crippen LogP contribution in [0.5, 0.6) is 11.5 Å². The van der Waals surface area contributed by atoms with Crippen molar-refractivity contribution in [2.75, 3.05) is 54.6 Å². The lowest BCUT2D eigenvalue weighted by Gasteiger charge is -2.42. The van der Waals surface area contributed by atoms with Crippen LogP contribution in [-0.4, -0.2) is 71.5 Å². The summed E-state index contributed by atoms with van der Waals surface area (Å²) in [6.45, 7) is 4.75. The molecule has 2 aliphatic rings. The van der Waals surface area contributed by atoms with Crippen molar-refractivity contribution >= 4 is 5.96 Å². The average molecular weight is 419 g/mol. The van der Waals surface area contributed by atoms with Gasteiger partial charge in [-0.25, -0.2) is 0 Å². The maximum Gasteiger partial charge on any atom is 0.191 e. The molecule has 2 fully saturated rings. The standard InChI is InChI=1S/C23H38N4O3/c1-24-22(25-17-23(7-5-8-23)9-11-28-2)26-19-6-10-27(16-19)15-18-12-20(29-3)14-21(13-18)30-4/h12-14,19H,5-11,15-17H2,1-4H3,(H2,24,25,26). The molecule has 1 aliphatic heterocycles. The third-order valence-corrected chi connectivity index (χ3v) is 6.54. The number of guanidine groups is 1. The summed E-state index contributed by atoms with van der Waals surface area (Å²) in [5.74, 6) is 2.58. The quantitative estimate of drug-likeness (QED) is 0.450. The van der Waals surface area contributed by atoms with E-state index in [1.807, 2.05) is 13.1 Å². The molecule has 1 heterocycles. The summed E-state index contributed by atoms with van der Waals surface area (Å²) in [4.78, 5) is 6.92. The minimum atomic E-state index is 0.376. The maximum atomic E-state index is 5.40. The number of likely N-dealkylation sites (tertiary alicyclic amines) is 1. The Hall–Kier alpha value is -1.99. The first-order valence-corrected chi connectivity index (χ1v) is 11.0. The lowest BCUT2D eigenvalue weighted by molar-refractivity contribution is 0.0732. The first-order valence-electron chi connectivity index (χ1n) is 11.0. The SMILES string of the molecule is CN=C(NCC1(CCOC)CCC1)NC1CCN(Cc2cc(OC)cc(OC)c2)C1. The van der Waals surface area contributed by atoms with Gasteiger partial charge in [0.2, 0.25) is 0 Å². The van der Waals surface area contributed by atoms with Crippen LogP contribution in [0.4, 0.5) is 0 Å². The minimum absolute atomic E-state index is 0.376. The number of methoxy groups -OCH3 is 3. The van der Waals surface area contributed by atoms with E-state index in [2.05, 4.69) is 32.7 Å². The van der Waals surface area contributed by atoms with Crippen molar-refractivity contribution in [3.63, 3.8) is 0 Å². The highest BCUT2D eigenvalue weighted by molar-refractivity contribution is 5.80. The molecule has 2 N–H and O–H groups in total. The highest BCUT2D eigenvalue weighted by atomic mass is 16.5. The van der Waals surface area contributed by atoms with Crippen LogP contribution in [0.25, 0.3) is 0 Å². The van der Waals surface area contributed by atoms with Crippen LogP contribution < -0.4 is 20.1 Å². The van der Waals surface area contributed by atoms with Crippen molar-refractivity contribution in [1.82, 2.24) is 15.5 Å². The van der Waals surface area contributed by atoms with E-state index < -0.39 is 0 Å². The second kappa shape index (κ2) is 10.9. The van der Waals surface area contributed by atoms with Crippen molar-refractivity contribution in [3.05, 3.63) is 23.8 Å². The zero-order valence-corrected chi connectivity index (χ0v) is 19.0. The normalized spacial score (nSPS) is 21.2. The smallest absolute Gasteiger partial charge is 0.191 e. The largest absolute Gasteiger partial charge is 0.497 e. The molecule has 0 bridgehead atoms. The van der Waals surface area contributed by atoms with E-state index in [1.54, 1.807) is 21.3 Å². The number of hydrogen-bond acceptors (Lipinski definition) is 5. The number of nitrogens with one attached hydrogen (secondary N) is 2. The molecule has 1 unspecified atom stereocenters. The minimum Gasteiger partial charge on any atom is -0.497 e. The third-order valence-electron chi connectivity index (χ3n) is 6.54. The van der Waals surface area contributed by atoms with Gasteiger partial charge in [-0.3, -0.25) is 9.89 Å². The van der Waals surface area contributed by atoms with Crippen molar-refractivity contribution in [3.8, 4) is 11.5 Å². The first-order chi connectivity index (χ1) is 14.6. The molecule has 0 spiro atoms. The fourth-order valence-corrected chi connectivity index (χ4v) is 4.48. The number of hydrogen-bond donors (Lipinski definition) is 2. The molecule has 1 saturated carbocycles. The van der Waals surface area contributed by atoms with Gasteiger partial charge >= 0.3 is 0 Å². The molecule has 0 aromatic heterocycles. The number of rotatable bonds is 10. The summed E-state index contributed by atoms with van der Waals surface area (Å²) in [5.41, 5.74) is 1.58. The first kappa shape index (κ1) is 22.7. The Balaban J connectivity index is 1.48. The van der Waals surface area contributed by atoms with E-state index in [0.717, 1.165) is 63.1 Å². The molecule has 7 nitrogen and oxygen atoms in total. The average Bonchev–Trinajstić information content (AvgIpc) is 3.18.